The average molecular weight is 264 g/mol. The first-order valence-electron chi connectivity index (χ1n) is 7.41. The molecule has 1 saturated heterocycles. The number of hydrogen-bond acceptors (Lipinski definition) is 3. The fraction of sp³-hybridized carbons (Fsp3) is 0.800. The maximum absolute atomic E-state index is 6.03. The Morgan fingerprint density at radius 3 is 2.68 bits per heavy atom. The van der Waals surface area contributed by atoms with Crippen molar-refractivity contribution in [2.24, 2.45) is 11.1 Å². The summed E-state index contributed by atoms with van der Waals surface area (Å²) >= 11 is 0. The van der Waals surface area contributed by atoms with Crippen molar-refractivity contribution in [1.82, 2.24) is 14.7 Å². The van der Waals surface area contributed by atoms with Crippen molar-refractivity contribution in [2.75, 3.05) is 19.6 Å². The van der Waals surface area contributed by atoms with E-state index < -0.39 is 0 Å². The summed E-state index contributed by atoms with van der Waals surface area (Å²) in [6.07, 6.45) is 6.72. The minimum absolute atomic E-state index is 0.312. The number of hydrogen-bond donors (Lipinski definition) is 1. The second-order valence-corrected chi connectivity index (χ2v) is 6.84. The lowest BCUT2D eigenvalue weighted by Gasteiger charge is -2.41. The molecule has 1 aliphatic heterocycles. The number of nitrogens with zero attached hydrogens (tertiary/aromatic N) is 3. The summed E-state index contributed by atoms with van der Waals surface area (Å²) in [5.41, 5.74) is 7.69. The van der Waals surface area contributed by atoms with Crippen LogP contribution in [-0.4, -0.2) is 34.3 Å². The lowest BCUT2D eigenvalue weighted by Crippen LogP contribution is -2.44. The van der Waals surface area contributed by atoms with Crippen LogP contribution in [-0.2, 0) is 0 Å². The molecular weight excluding hydrogens is 236 g/mol. The first-order valence-corrected chi connectivity index (χ1v) is 7.41. The van der Waals surface area contributed by atoms with Gasteiger partial charge in [0.2, 0.25) is 0 Å². The molecule has 0 bridgehead atoms. The quantitative estimate of drug-likeness (QED) is 0.909. The van der Waals surface area contributed by atoms with Crippen molar-refractivity contribution in [3.63, 3.8) is 0 Å². The van der Waals surface area contributed by atoms with Gasteiger partial charge in [0.05, 0.1) is 12.2 Å². The second-order valence-electron chi connectivity index (χ2n) is 6.84. The predicted octanol–water partition coefficient (Wildman–Crippen LogP) is 2.59. The summed E-state index contributed by atoms with van der Waals surface area (Å²) in [6.45, 7) is 11.9. The van der Waals surface area contributed by atoms with E-state index in [2.05, 4.69) is 43.9 Å². The van der Waals surface area contributed by atoms with Crippen molar-refractivity contribution < 1.29 is 0 Å². The molecule has 1 atom stereocenters. The Kier molecular flexibility index (Phi) is 4.31. The number of nitrogens with two attached hydrogens (primary N) is 1. The number of likely N-dealkylation sites (tertiary alicyclic amines) is 1. The van der Waals surface area contributed by atoms with E-state index in [9.17, 15) is 0 Å². The molecule has 1 aromatic heterocycles. The van der Waals surface area contributed by atoms with Crippen LogP contribution in [0, 0.1) is 5.41 Å². The van der Waals surface area contributed by atoms with Gasteiger partial charge in [-0.15, -0.1) is 0 Å². The summed E-state index contributed by atoms with van der Waals surface area (Å²) in [5.74, 6) is 0. The highest BCUT2D eigenvalue weighted by atomic mass is 15.3. The molecule has 2 rings (SSSR count). The van der Waals surface area contributed by atoms with Gasteiger partial charge in [-0.05, 0) is 38.6 Å². The Hall–Kier alpha value is -0.870. The van der Waals surface area contributed by atoms with Crippen LogP contribution < -0.4 is 5.73 Å². The molecular formula is C15H28N4. The number of rotatable bonds is 4. The van der Waals surface area contributed by atoms with Crippen molar-refractivity contribution in [3.05, 3.63) is 18.0 Å². The Balaban J connectivity index is 2.14. The van der Waals surface area contributed by atoms with Crippen molar-refractivity contribution in [2.45, 2.75) is 52.6 Å². The van der Waals surface area contributed by atoms with Crippen LogP contribution in [0.4, 0.5) is 0 Å². The zero-order valence-electron chi connectivity index (χ0n) is 12.8. The van der Waals surface area contributed by atoms with E-state index in [1.807, 2.05) is 10.9 Å². The van der Waals surface area contributed by atoms with Gasteiger partial charge in [-0.2, -0.15) is 5.10 Å². The molecule has 0 spiro atoms. The fourth-order valence-corrected chi connectivity index (χ4v) is 3.04. The molecule has 0 saturated carbocycles. The van der Waals surface area contributed by atoms with Crippen LogP contribution in [0.25, 0.3) is 0 Å². The molecule has 0 amide bonds. The van der Waals surface area contributed by atoms with E-state index in [0.717, 1.165) is 13.1 Å². The smallest absolute Gasteiger partial charge is 0.0538 e. The van der Waals surface area contributed by atoms with Crippen molar-refractivity contribution in [3.8, 4) is 0 Å². The number of aromatic nitrogens is 2. The van der Waals surface area contributed by atoms with E-state index in [0.29, 0.717) is 24.0 Å². The molecule has 1 aliphatic rings. The van der Waals surface area contributed by atoms with Crippen LogP contribution in [0.5, 0.6) is 0 Å². The maximum Gasteiger partial charge on any atom is 0.0538 e. The Morgan fingerprint density at radius 2 is 2.16 bits per heavy atom. The summed E-state index contributed by atoms with van der Waals surface area (Å²) < 4.78 is 2.02. The van der Waals surface area contributed by atoms with Gasteiger partial charge < -0.3 is 5.73 Å². The summed E-state index contributed by atoms with van der Waals surface area (Å²) in [4.78, 5) is 2.53. The molecule has 1 unspecified atom stereocenters. The highest BCUT2D eigenvalue weighted by Crippen LogP contribution is 2.33. The van der Waals surface area contributed by atoms with Crippen molar-refractivity contribution in [1.29, 1.82) is 0 Å². The van der Waals surface area contributed by atoms with Gasteiger partial charge in [-0.3, -0.25) is 9.58 Å². The highest BCUT2D eigenvalue weighted by Gasteiger charge is 2.31. The predicted molar refractivity (Wildman–Crippen MR) is 79.0 cm³/mol. The van der Waals surface area contributed by atoms with E-state index in [1.54, 1.807) is 0 Å². The zero-order chi connectivity index (χ0) is 14.0. The molecule has 1 aromatic rings. The molecule has 1 fully saturated rings. The van der Waals surface area contributed by atoms with Gasteiger partial charge >= 0.3 is 0 Å². The topological polar surface area (TPSA) is 47.1 Å². The summed E-state index contributed by atoms with van der Waals surface area (Å²) in [6, 6.07) is 0.719. The fourth-order valence-electron chi connectivity index (χ4n) is 3.04. The average Bonchev–Trinajstić information content (AvgIpc) is 2.78. The first kappa shape index (κ1) is 14.5. The van der Waals surface area contributed by atoms with Gasteiger partial charge in [0.1, 0.15) is 0 Å². The van der Waals surface area contributed by atoms with Crippen LogP contribution in [0.2, 0.25) is 0 Å². The van der Waals surface area contributed by atoms with Gasteiger partial charge in [-0.1, -0.05) is 13.8 Å². The van der Waals surface area contributed by atoms with Crippen molar-refractivity contribution >= 4 is 0 Å². The molecule has 0 aromatic carbocycles. The minimum atomic E-state index is 0.312. The van der Waals surface area contributed by atoms with Crippen LogP contribution in [0.3, 0.4) is 0 Å². The normalized spacial score (nSPS) is 21.8. The Bertz CT molecular complexity index is 408. The third-order valence-electron chi connectivity index (χ3n) is 4.13. The second kappa shape index (κ2) is 5.63. The lowest BCUT2D eigenvalue weighted by atomic mass is 9.83. The largest absolute Gasteiger partial charge is 0.329 e. The highest BCUT2D eigenvalue weighted by molar-refractivity contribution is 5.12. The van der Waals surface area contributed by atoms with Gasteiger partial charge in [0, 0.05) is 30.9 Å². The molecule has 2 N–H and O–H groups in total. The van der Waals surface area contributed by atoms with Gasteiger partial charge in [0.25, 0.3) is 0 Å². The monoisotopic (exact) mass is 264 g/mol. The molecule has 108 valence electrons. The maximum atomic E-state index is 6.03. The SMILES string of the molecule is CC(C)n1cc(C(CN)N2CCCC(C)(C)C2)cn1. The lowest BCUT2D eigenvalue weighted by molar-refractivity contribution is 0.0806. The molecule has 0 radical (unpaired) electrons. The third kappa shape index (κ3) is 3.37. The first-order chi connectivity index (χ1) is 8.93. The molecule has 4 nitrogen and oxygen atoms in total. The minimum Gasteiger partial charge on any atom is -0.329 e. The van der Waals surface area contributed by atoms with Gasteiger partial charge in [0.15, 0.2) is 0 Å². The molecule has 0 aliphatic carbocycles. The van der Waals surface area contributed by atoms with E-state index in [-0.39, 0.29) is 0 Å². The van der Waals surface area contributed by atoms with E-state index in [4.69, 9.17) is 5.73 Å². The molecule has 19 heavy (non-hydrogen) atoms. The Labute approximate surface area is 117 Å². The van der Waals surface area contributed by atoms with Crippen LogP contribution >= 0.6 is 0 Å². The van der Waals surface area contributed by atoms with E-state index in [1.165, 1.54) is 18.4 Å². The summed E-state index contributed by atoms with van der Waals surface area (Å²) in [7, 11) is 0. The van der Waals surface area contributed by atoms with Gasteiger partial charge in [-0.25, -0.2) is 0 Å². The molecule has 4 heteroatoms. The third-order valence-corrected chi connectivity index (χ3v) is 4.13. The van der Waals surface area contributed by atoms with Crippen LogP contribution in [0.1, 0.15) is 58.2 Å². The number of piperidine rings is 1. The zero-order valence-corrected chi connectivity index (χ0v) is 12.8. The standard InChI is InChI=1S/C15H28N4/c1-12(2)19-10-13(9-17-19)14(8-16)18-7-5-6-15(3,4)11-18/h9-10,12,14H,5-8,11,16H2,1-4H3. The summed E-state index contributed by atoms with van der Waals surface area (Å²) in [5, 5.41) is 4.45. The van der Waals surface area contributed by atoms with Crippen LogP contribution in [0.15, 0.2) is 12.4 Å². The van der Waals surface area contributed by atoms with E-state index >= 15 is 0 Å². The molecule has 2 heterocycles. The Morgan fingerprint density at radius 1 is 1.42 bits per heavy atom.